The number of alkyl halides is 2. The lowest BCUT2D eigenvalue weighted by atomic mass is 9.81. The van der Waals surface area contributed by atoms with E-state index in [4.69, 9.17) is 4.74 Å². The van der Waals surface area contributed by atoms with E-state index in [1.165, 1.54) is 5.56 Å². The van der Waals surface area contributed by atoms with Gasteiger partial charge in [-0.25, -0.2) is 8.78 Å². The molecule has 1 unspecified atom stereocenters. The molecule has 1 aliphatic carbocycles. The van der Waals surface area contributed by atoms with Gasteiger partial charge in [0.2, 0.25) is 5.92 Å². The number of halogens is 2. The van der Waals surface area contributed by atoms with Crippen LogP contribution in [-0.2, 0) is 16.0 Å². The van der Waals surface area contributed by atoms with Crippen LogP contribution >= 0.6 is 0 Å². The van der Waals surface area contributed by atoms with Crippen LogP contribution in [0.1, 0.15) is 49.3 Å². The third kappa shape index (κ3) is 3.31. The van der Waals surface area contributed by atoms with Crippen LogP contribution in [0.4, 0.5) is 8.78 Å². The van der Waals surface area contributed by atoms with Crippen LogP contribution in [0, 0.1) is 5.92 Å². The van der Waals surface area contributed by atoms with Crippen LogP contribution in [0.5, 0.6) is 0 Å². The van der Waals surface area contributed by atoms with Crippen LogP contribution < -0.4 is 0 Å². The van der Waals surface area contributed by atoms with Gasteiger partial charge in [-0.15, -0.1) is 0 Å². The maximum absolute atomic E-state index is 13.2. The van der Waals surface area contributed by atoms with Crippen molar-refractivity contribution in [1.29, 1.82) is 0 Å². The lowest BCUT2D eigenvalue weighted by Crippen LogP contribution is -2.30. The summed E-state index contributed by atoms with van der Waals surface area (Å²) in [4.78, 5) is 12.4. The largest absolute Gasteiger partial charge is 0.373 e. The van der Waals surface area contributed by atoms with E-state index in [0.717, 1.165) is 12.0 Å². The lowest BCUT2D eigenvalue weighted by Gasteiger charge is -2.30. The molecule has 0 amide bonds. The molecule has 1 fully saturated rings. The Morgan fingerprint density at radius 2 is 1.95 bits per heavy atom. The Morgan fingerprint density at radius 3 is 2.71 bits per heavy atom. The molecule has 0 N–H and O–H groups in total. The number of Topliss-reactive ketones (excluding diaryl/α,β-unsaturated/α-hetero) is 1. The van der Waals surface area contributed by atoms with E-state index in [0.29, 0.717) is 25.9 Å². The molecule has 0 bridgehead atoms. The molecular weight excluding hydrogens is 274 g/mol. The van der Waals surface area contributed by atoms with E-state index in [2.05, 4.69) is 6.07 Å². The van der Waals surface area contributed by atoms with Crippen molar-refractivity contribution in [3.8, 4) is 0 Å². The fraction of sp³-hybridized carbons (Fsp3) is 0.588. The molecule has 1 aliphatic heterocycles. The number of benzene rings is 1. The fourth-order valence-electron chi connectivity index (χ4n) is 3.36. The maximum atomic E-state index is 13.2. The van der Waals surface area contributed by atoms with Gasteiger partial charge in [-0.3, -0.25) is 4.79 Å². The Labute approximate surface area is 123 Å². The van der Waals surface area contributed by atoms with Crippen LogP contribution in [0.2, 0.25) is 0 Å². The van der Waals surface area contributed by atoms with Gasteiger partial charge < -0.3 is 4.74 Å². The molecule has 21 heavy (non-hydrogen) atoms. The molecule has 2 aliphatic rings. The molecule has 0 aromatic heterocycles. The van der Waals surface area contributed by atoms with Gasteiger partial charge in [0.1, 0.15) is 5.78 Å². The standard InChI is InChI=1S/C17H20F2O2/c18-17(19)8-5-13(6-9-17)15(20)11-16-14-4-2-1-3-12(14)7-10-21-16/h1-4,13,16H,5-11H2. The topological polar surface area (TPSA) is 26.3 Å². The minimum atomic E-state index is -2.58. The summed E-state index contributed by atoms with van der Waals surface area (Å²) >= 11 is 0. The summed E-state index contributed by atoms with van der Waals surface area (Å²) in [5, 5.41) is 0. The molecular formula is C17H20F2O2. The van der Waals surface area contributed by atoms with Crippen molar-refractivity contribution >= 4 is 5.78 Å². The summed E-state index contributed by atoms with van der Waals surface area (Å²) in [5.41, 5.74) is 2.31. The zero-order chi connectivity index (χ0) is 14.9. The Balaban J connectivity index is 1.64. The molecule has 1 aromatic rings. The second-order valence-electron chi connectivity index (χ2n) is 6.11. The molecule has 1 heterocycles. The molecule has 1 atom stereocenters. The average molecular weight is 294 g/mol. The Bertz CT molecular complexity index is 517. The van der Waals surface area contributed by atoms with Gasteiger partial charge in [0, 0.05) is 25.2 Å². The number of carbonyl (C=O) groups is 1. The van der Waals surface area contributed by atoms with Gasteiger partial charge in [-0.2, -0.15) is 0 Å². The molecule has 3 rings (SSSR count). The van der Waals surface area contributed by atoms with Crippen molar-refractivity contribution in [3.05, 3.63) is 35.4 Å². The quantitative estimate of drug-likeness (QED) is 0.839. The zero-order valence-electron chi connectivity index (χ0n) is 12.0. The Hall–Kier alpha value is -1.29. The summed E-state index contributed by atoms with van der Waals surface area (Å²) < 4.78 is 32.1. The first-order valence-corrected chi connectivity index (χ1v) is 7.65. The van der Waals surface area contributed by atoms with Crippen LogP contribution in [0.25, 0.3) is 0 Å². The first-order chi connectivity index (χ1) is 10.1. The van der Waals surface area contributed by atoms with Gasteiger partial charge in [-0.05, 0) is 30.4 Å². The lowest BCUT2D eigenvalue weighted by molar-refractivity contribution is -0.130. The number of hydrogen-bond donors (Lipinski definition) is 0. The normalized spacial score (nSPS) is 25.3. The van der Waals surface area contributed by atoms with Crippen LogP contribution in [0.3, 0.4) is 0 Å². The molecule has 114 valence electrons. The highest BCUT2D eigenvalue weighted by atomic mass is 19.3. The third-order valence-electron chi connectivity index (χ3n) is 4.65. The summed E-state index contributed by atoms with van der Waals surface area (Å²) in [5.74, 6) is -2.72. The first kappa shape index (κ1) is 14.6. The van der Waals surface area contributed by atoms with Crippen molar-refractivity contribution in [2.75, 3.05) is 6.61 Å². The SMILES string of the molecule is O=C(CC1OCCc2ccccc21)C1CCC(F)(F)CC1. The summed E-state index contributed by atoms with van der Waals surface area (Å²) in [6.07, 6.45) is 1.27. The predicted octanol–water partition coefficient (Wildman–Crippen LogP) is 4.09. The van der Waals surface area contributed by atoms with E-state index in [1.807, 2.05) is 18.2 Å². The van der Waals surface area contributed by atoms with Crippen molar-refractivity contribution in [2.24, 2.45) is 5.92 Å². The summed E-state index contributed by atoms with van der Waals surface area (Å²) in [6, 6.07) is 8.01. The minimum Gasteiger partial charge on any atom is -0.373 e. The molecule has 4 heteroatoms. The fourth-order valence-corrected chi connectivity index (χ4v) is 3.36. The van der Waals surface area contributed by atoms with Crippen molar-refractivity contribution in [1.82, 2.24) is 0 Å². The van der Waals surface area contributed by atoms with Gasteiger partial charge >= 0.3 is 0 Å². The number of carbonyl (C=O) groups excluding carboxylic acids is 1. The zero-order valence-corrected chi connectivity index (χ0v) is 12.0. The predicted molar refractivity (Wildman–Crippen MR) is 75.4 cm³/mol. The van der Waals surface area contributed by atoms with E-state index >= 15 is 0 Å². The van der Waals surface area contributed by atoms with E-state index in [1.54, 1.807) is 0 Å². The van der Waals surface area contributed by atoms with Gasteiger partial charge in [-0.1, -0.05) is 24.3 Å². The number of fused-ring (bicyclic) bond motifs is 1. The Morgan fingerprint density at radius 1 is 1.24 bits per heavy atom. The van der Waals surface area contributed by atoms with E-state index in [-0.39, 0.29) is 30.6 Å². The Kier molecular flexibility index (Phi) is 4.07. The highest BCUT2D eigenvalue weighted by Crippen LogP contribution is 2.38. The van der Waals surface area contributed by atoms with Gasteiger partial charge in [0.05, 0.1) is 12.7 Å². The second kappa shape index (κ2) is 5.84. The van der Waals surface area contributed by atoms with Crippen LogP contribution in [-0.4, -0.2) is 18.3 Å². The van der Waals surface area contributed by atoms with Gasteiger partial charge in [0.25, 0.3) is 0 Å². The summed E-state index contributed by atoms with van der Waals surface area (Å²) in [6.45, 7) is 0.623. The van der Waals surface area contributed by atoms with Crippen molar-refractivity contribution < 1.29 is 18.3 Å². The number of rotatable bonds is 3. The molecule has 2 nitrogen and oxygen atoms in total. The molecule has 1 saturated carbocycles. The first-order valence-electron chi connectivity index (χ1n) is 7.65. The molecule has 0 radical (unpaired) electrons. The average Bonchev–Trinajstić information content (AvgIpc) is 2.47. The molecule has 1 aromatic carbocycles. The highest BCUT2D eigenvalue weighted by Gasteiger charge is 2.38. The van der Waals surface area contributed by atoms with Gasteiger partial charge in [0.15, 0.2) is 0 Å². The number of ketones is 1. The monoisotopic (exact) mass is 294 g/mol. The number of ether oxygens (including phenoxy) is 1. The van der Waals surface area contributed by atoms with E-state index < -0.39 is 5.92 Å². The summed E-state index contributed by atoms with van der Waals surface area (Å²) in [7, 11) is 0. The second-order valence-corrected chi connectivity index (χ2v) is 6.11. The van der Waals surface area contributed by atoms with Crippen LogP contribution in [0.15, 0.2) is 24.3 Å². The minimum absolute atomic E-state index is 0.0761. The smallest absolute Gasteiger partial charge is 0.248 e. The van der Waals surface area contributed by atoms with E-state index in [9.17, 15) is 13.6 Å². The highest BCUT2D eigenvalue weighted by molar-refractivity contribution is 5.81. The number of hydrogen-bond acceptors (Lipinski definition) is 2. The third-order valence-corrected chi connectivity index (χ3v) is 4.65. The van der Waals surface area contributed by atoms with Crippen molar-refractivity contribution in [2.45, 2.75) is 50.6 Å². The molecule has 0 spiro atoms. The molecule has 0 saturated heterocycles. The van der Waals surface area contributed by atoms with Crippen molar-refractivity contribution in [3.63, 3.8) is 0 Å². The maximum Gasteiger partial charge on any atom is 0.248 e.